The summed E-state index contributed by atoms with van der Waals surface area (Å²) in [6.45, 7) is 4.30. The van der Waals surface area contributed by atoms with Crippen molar-refractivity contribution in [3.05, 3.63) is 69.5 Å². The second-order valence-electron chi connectivity index (χ2n) is 5.16. The maximum Gasteiger partial charge on any atom is 0.281 e. The summed E-state index contributed by atoms with van der Waals surface area (Å²) in [6.07, 6.45) is 1.76. The largest absolute Gasteiger partial charge is 0.497 e. The van der Waals surface area contributed by atoms with Crippen LogP contribution in [0.25, 0.3) is 10.2 Å². The molecule has 3 rings (SSSR count). The molecule has 1 aromatic heterocycles. The van der Waals surface area contributed by atoms with E-state index in [1.807, 2.05) is 22.8 Å². The minimum atomic E-state index is -0.441. The Bertz CT molecular complexity index is 1040. The van der Waals surface area contributed by atoms with Gasteiger partial charge in [-0.2, -0.15) is 4.99 Å². The summed E-state index contributed by atoms with van der Waals surface area (Å²) < 4.78 is 8.14. The Morgan fingerprint density at radius 1 is 1.32 bits per heavy atom. The van der Waals surface area contributed by atoms with Crippen molar-refractivity contribution in [2.24, 2.45) is 4.99 Å². The predicted molar refractivity (Wildman–Crippen MR) is 103 cm³/mol. The van der Waals surface area contributed by atoms with Crippen LogP contribution in [0.1, 0.15) is 10.4 Å². The van der Waals surface area contributed by atoms with Crippen LogP contribution in [0.2, 0.25) is 10.0 Å². The highest BCUT2D eigenvalue weighted by Crippen LogP contribution is 2.24. The van der Waals surface area contributed by atoms with Crippen LogP contribution in [0, 0.1) is 0 Å². The molecule has 0 aliphatic rings. The molecule has 128 valence electrons. The Hall–Kier alpha value is -2.08. The zero-order chi connectivity index (χ0) is 18.0. The van der Waals surface area contributed by atoms with Crippen molar-refractivity contribution in [3.63, 3.8) is 0 Å². The second kappa shape index (κ2) is 7.44. The number of hydrogen-bond acceptors (Lipinski definition) is 3. The summed E-state index contributed by atoms with van der Waals surface area (Å²) in [6, 6.07) is 10.4. The van der Waals surface area contributed by atoms with Gasteiger partial charge in [-0.3, -0.25) is 4.79 Å². The second-order valence-corrected chi connectivity index (χ2v) is 7.01. The number of halogens is 2. The van der Waals surface area contributed by atoms with E-state index in [1.165, 1.54) is 17.4 Å². The average Bonchev–Trinajstić information content (AvgIpc) is 2.93. The highest BCUT2D eigenvalue weighted by atomic mass is 35.5. The van der Waals surface area contributed by atoms with Crippen molar-refractivity contribution < 1.29 is 9.53 Å². The lowest BCUT2D eigenvalue weighted by Gasteiger charge is -2.03. The number of allylic oxidation sites excluding steroid dienone is 1. The first-order valence-corrected chi connectivity index (χ1v) is 8.93. The van der Waals surface area contributed by atoms with E-state index in [2.05, 4.69) is 11.6 Å². The molecule has 0 saturated carbocycles. The summed E-state index contributed by atoms with van der Waals surface area (Å²) in [7, 11) is 1.61. The molecule has 1 heterocycles. The van der Waals surface area contributed by atoms with Gasteiger partial charge in [0.1, 0.15) is 5.75 Å². The molecule has 3 aromatic rings. The average molecular weight is 393 g/mol. The molecular formula is C18H14Cl2N2O2S. The number of benzene rings is 2. The van der Waals surface area contributed by atoms with Crippen molar-refractivity contribution in [1.82, 2.24) is 4.57 Å². The molecule has 0 aliphatic carbocycles. The van der Waals surface area contributed by atoms with Gasteiger partial charge in [-0.15, -0.1) is 6.58 Å². The van der Waals surface area contributed by atoms with Gasteiger partial charge < -0.3 is 9.30 Å². The number of carbonyl (C=O) groups is 1. The maximum absolute atomic E-state index is 12.6. The fourth-order valence-corrected chi connectivity index (χ4v) is 3.82. The van der Waals surface area contributed by atoms with Gasteiger partial charge in [0.05, 0.1) is 27.9 Å². The van der Waals surface area contributed by atoms with Crippen LogP contribution in [0.4, 0.5) is 0 Å². The molecule has 0 aliphatic heterocycles. The SMILES string of the molecule is C=CCn1c(=NC(=O)c2cc(Cl)ccc2Cl)sc2cc(OC)ccc21. The molecule has 0 spiro atoms. The Balaban J connectivity index is 2.17. The van der Waals surface area contributed by atoms with Gasteiger partial charge in [-0.25, -0.2) is 0 Å². The molecule has 2 aromatic carbocycles. The number of rotatable bonds is 4. The molecule has 0 N–H and O–H groups in total. The van der Waals surface area contributed by atoms with Crippen LogP contribution in [-0.2, 0) is 6.54 Å². The van der Waals surface area contributed by atoms with Gasteiger partial charge >= 0.3 is 0 Å². The van der Waals surface area contributed by atoms with E-state index in [4.69, 9.17) is 27.9 Å². The van der Waals surface area contributed by atoms with E-state index in [0.29, 0.717) is 21.4 Å². The normalized spacial score (nSPS) is 11.7. The third-order valence-electron chi connectivity index (χ3n) is 3.56. The van der Waals surface area contributed by atoms with Crippen molar-refractivity contribution >= 4 is 50.7 Å². The molecule has 0 unspecified atom stereocenters. The summed E-state index contributed by atoms with van der Waals surface area (Å²) in [5, 5.41) is 0.749. The summed E-state index contributed by atoms with van der Waals surface area (Å²) in [5.74, 6) is 0.305. The molecule has 1 amide bonds. The quantitative estimate of drug-likeness (QED) is 0.589. The Morgan fingerprint density at radius 3 is 2.84 bits per heavy atom. The van der Waals surface area contributed by atoms with Crippen LogP contribution < -0.4 is 9.54 Å². The van der Waals surface area contributed by atoms with Crippen molar-refractivity contribution in [1.29, 1.82) is 0 Å². The Morgan fingerprint density at radius 2 is 2.12 bits per heavy atom. The van der Waals surface area contributed by atoms with Gasteiger partial charge in [0.25, 0.3) is 5.91 Å². The third-order valence-corrected chi connectivity index (χ3v) is 5.16. The highest BCUT2D eigenvalue weighted by molar-refractivity contribution is 7.16. The number of nitrogens with zero attached hydrogens (tertiary/aromatic N) is 2. The Kier molecular flexibility index (Phi) is 5.27. The minimum absolute atomic E-state index is 0.273. The molecule has 4 nitrogen and oxygen atoms in total. The van der Waals surface area contributed by atoms with Crippen molar-refractivity contribution in [3.8, 4) is 5.75 Å². The number of thiazole rings is 1. The van der Waals surface area contributed by atoms with E-state index in [-0.39, 0.29) is 5.56 Å². The number of aromatic nitrogens is 1. The molecule has 25 heavy (non-hydrogen) atoms. The standard InChI is InChI=1S/C18H14Cl2N2O2S/c1-3-8-22-15-7-5-12(24-2)10-16(15)25-18(22)21-17(23)13-9-11(19)4-6-14(13)20/h3-7,9-10H,1,8H2,2H3. The lowest BCUT2D eigenvalue weighted by molar-refractivity contribution is 0.0998. The fraction of sp³-hybridized carbons (Fsp3) is 0.111. The van der Waals surface area contributed by atoms with E-state index in [9.17, 15) is 4.79 Å². The topological polar surface area (TPSA) is 43.6 Å². The predicted octanol–water partition coefficient (Wildman–Crippen LogP) is 4.95. The van der Waals surface area contributed by atoms with E-state index in [0.717, 1.165) is 16.0 Å². The Labute approximate surface area is 158 Å². The number of carbonyl (C=O) groups excluding carboxylic acids is 1. The van der Waals surface area contributed by atoms with Gasteiger partial charge in [-0.1, -0.05) is 40.6 Å². The highest BCUT2D eigenvalue weighted by Gasteiger charge is 2.12. The lowest BCUT2D eigenvalue weighted by Crippen LogP contribution is -2.16. The molecule has 0 bridgehead atoms. The van der Waals surface area contributed by atoms with Gasteiger partial charge in [0, 0.05) is 11.6 Å². The van der Waals surface area contributed by atoms with Crippen LogP contribution in [0.3, 0.4) is 0 Å². The number of methoxy groups -OCH3 is 1. The molecule has 0 radical (unpaired) electrons. The van der Waals surface area contributed by atoms with Gasteiger partial charge in [-0.05, 0) is 36.4 Å². The first-order valence-electron chi connectivity index (χ1n) is 7.36. The first-order chi connectivity index (χ1) is 12.0. The van der Waals surface area contributed by atoms with E-state index in [1.54, 1.807) is 25.3 Å². The van der Waals surface area contributed by atoms with Crippen molar-refractivity contribution in [2.45, 2.75) is 6.54 Å². The van der Waals surface area contributed by atoms with Gasteiger partial charge in [0.2, 0.25) is 0 Å². The number of fused-ring (bicyclic) bond motifs is 1. The number of hydrogen-bond donors (Lipinski definition) is 0. The van der Waals surface area contributed by atoms with Gasteiger partial charge in [0.15, 0.2) is 4.80 Å². The molecule has 0 fully saturated rings. The number of amides is 1. The zero-order valence-corrected chi connectivity index (χ0v) is 15.7. The first kappa shape index (κ1) is 17.7. The minimum Gasteiger partial charge on any atom is -0.497 e. The zero-order valence-electron chi connectivity index (χ0n) is 13.3. The maximum atomic E-state index is 12.6. The molecule has 0 atom stereocenters. The summed E-state index contributed by atoms with van der Waals surface area (Å²) in [5.41, 5.74) is 1.23. The number of ether oxygens (including phenoxy) is 1. The molecule has 0 saturated heterocycles. The molecular weight excluding hydrogens is 379 g/mol. The van der Waals surface area contributed by atoms with Crippen LogP contribution in [0.5, 0.6) is 5.75 Å². The fourth-order valence-electron chi connectivity index (χ4n) is 2.38. The lowest BCUT2D eigenvalue weighted by atomic mass is 10.2. The van der Waals surface area contributed by atoms with Crippen LogP contribution in [-0.4, -0.2) is 17.6 Å². The molecule has 7 heteroatoms. The van der Waals surface area contributed by atoms with Crippen LogP contribution in [0.15, 0.2) is 54.0 Å². The summed E-state index contributed by atoms with van der Waals surface area (Å²) in [4.78, 5) is 17.4. The van der Waals surface area contributed by atoms with Crippen molar-refractivity contribution in [2.75, 3.05) is 7.11 Å². The third kappa shape index (κ3) is 3.63. The van der Waals surface area contributed by atoms with E-state index < -0.39 is 5.91 Å². The van der Waals surface area contributed by atoms with Crippen LogP contribution >= 0.6 is 34.5 Å². The summed E-state index contributed by atoms with van der Waals surface area (Å²) >= 11 is 13.5. The monoisotopic (exact) mass is 392 g/mol. The smallest absolute Gasteiger partial charge is 0.281 e. The van der Waals surface area contributed by atoms with E-state index >= 15 is 0 Å².